The number of rotatable bonds is 7. The lowest BCUT2D eigenvalue weighted by Gasteiger charge is -2.15. The summed E-state index contributed by atoms with van der Waals surface area (Å²) >= 11 is 1.76. The number of thiazole rings is 1. The van der Waals surface area contributed by atoms with E-state index in [1.54, 1.807) is 11.3 Å². The van der Waals surface area contributed by atoms with E-state index in [9.17, 15) is 0 Å². The van der Waals surface area contributed by atoms with Gasteiger partial charge in [0, 0.05) is 37.9 Å². The van der Waals surface area contributed by atoms with E-state index in [2.05, 4.69) is 48.0 Å². The van der Waals surface area contributed by atoms with Crippen molar-refractivity contribution in [2.75, 3.05) is 18.5 Å². The van der Waals surface area contributed by atoms with E-state index in [4.69, 9.17) is 0 Å². The van der Waals surface area contributed by atoms with E-state index >= 15 is 0 Å². The second kappa shape index (κ2) is 7.04. The second-order valence-corrected chi connectivity index (χ2v) is 6.90. The highest BCUT2D eigenvalue weighted by molar-refractivity contribution is 7.15. The summed E-state index contributed by atoms with van der Waals surface area (Å²) in [4.78, 5) is 12.5. The first-order valence-electron chi connectivity index (χ1n) is 7.31. The van der Waals surface area contributed by atoms with Gasteiger partial charge in [0.1, 0.15) is 5.82 Å². The maximum Gasteiger partial charge on any atom is 0.185 e. The van der Waals surface area contributed by atoms with E-state index in [1.165, 1.54) is 4.88 Å². The zero-order valence-corrected chi connectivity index (χ0v) is 14.4. The zero-order chi connectivity index (χ0) is 15.4. The van der Waals surface area contributed by atoms with Crippen LogP contribution in [0.3, 0.4) is 0 Å². The Morgan fingerprint density at radius 3 is 2.81 bits per heavy atom. The first kappa shape index (κ1) is 16.0. The van der Waals surface area contributed by atoms with Gasteiger partial charge in [-0.25, -0.2) is 9.97 Å². The highest BCUT2D eigenvalue weighted by atomic mass is 32.1. The first-order chi connectivity index (χ1) is 9.97. The summed E-state index contributed by atoms with van der Waals surface area (Å²) in [6.45, 7) is 9.24. The molecule has 2 aromatic heterocycles. The molecular weight excluding hydrogens is 282 g/mol. The van der Waals surface area contributed by atoms with Crippen molar-refractivity contribution in [3.05, 3.63) is 28.8 Å². The standard InChI is InChI=1S/C15H25N5S/c1-11(2)8-16-9-13-12(3)18-15(21-13)20(5)10-14-17-6-7-19(14)4/h6-7,11,16H,8-10H2,1-5H3. The molecule has 0 aliphatic rings. The molecule has 0 aliphatic heterocycles. The van der Waals surface area contributed by atoms with Gasteiger partial charge in [0.25, 0.3) is 0 Å². The number of imidazole rings is 1. The fraction of sp³-hybridized carbons (Fsp3) is 0.600. The predicted octanol–water partition coefficient (Wildman–Crippen LogP) is 2.57. The Balaban J connectivity index is 1.98. The number of anilines is 1. The lowest BCUT2D eigenvalue weighted by atomic mass is 10.2. The fourth-order valence-corrected chi connectivity index (χ4v) is 3.03. The van der Waals surface area contributed by atoms with E-state index in [-0.39, 0.29) is 0 Å². The summed E-state index contributed by atoms with van der Waals surface area (Å²) in [6.07, 6.45) is 3.80. The Bertz CT molecular complexity index is 572. The minimum atomic E-state index is 0.670. The van der Waals surface area contributed by atoms with Crippen molar-refractivity contribution in [2.45, 2.75) is 33.9 Å². The number of hydrogen-bond acceptors (Lipinski definition) is 5. The maximum atomic E-state index is 4.69. The van der Waals surface area contributed by atoms with Gasteiger partial charge in [-0.05, 0) is 19.4 Å². The van der Waals surface area contributed by atoms with Crippen LogP contribution in [0.25, 0.3) is 0 Å². The molecule has 6 heteroatoms. The molecule has 0 saturated heterocycles. The molecule has 0 bridgehead atoms. The summed E-state index contributed by atoms with van der Waals surface area (Å²) in [5.41, 5.74) is 1.12. The minimum Gasteiger partial charge on any atom is -0.344 e. The Labute approximate surface area is 131 Å². The summed E-state index contributed by atoms with van der Waals surface area (Å²) in [5, 5.41) is 4.54. The van der Waals surface area contributed by atoms with Crippen LogP contribution in [0, 0.1) is 12.8 Å². The van der Waals surface area contributed by atoms with Crippen molar-refractivity contribution in [2.24, 2.45) is 13.0 Å². The molecular formula is C15H25N5S. The van der Waals surface area contributed by atoms with Gasteiger partial charge in [-0.15, -0.1) is 11.3 Å². The number of hydrogen-bond donors (Lipinski definition) is 1. The van der Waals surface area contributed by atoms with Crippen molar-refractivity contribution in [3.63, 3.8) is 0 Å². The van der Waals surface area contributed by atoms with Crippen LogP contribution in [0.15, 0.2) is 12.4 Å². The molecule has 0 atom stereocenters. The van der Waals surface area contributed by atoms with Crippen molar-refractivity contribution in [3.8, 4) is 0 Å². The van der Waals surface area contributed by atoms with Gasteiger partial charge < -0.3 is 14.8 Å². The SMILES string of the molecule is Cc1nc(N(C)Cc2nccn2C)sc1CNCC(C)C. The van der Waals surface area contributed by atoms with Crippen molar-refractivity contribution in [1.29, 1.82) is 0 Å². The van der Waals surface area contributed by atoms with Crippen LogP contribution in [-0.4, -0.2) is 28.1 Å². The highest BCUT2D eigenvalue weighted by Crippen LogP contribution is 2.26. The monoisotopic (exact) mass is 307 g/mol. The topological polar surface area (TPSA) is 46.0 Å². The molecule has 1 N–H and O–H groups in total. The molecule has 0 amide bonds. The summed E-state index contributed by atoms with van der Waals surface area (Å²) in [7, 11) is 4.09. The number of aromatic nitrogens is 3. The van der Waals surface area contributed by atoms with Gasteiger partial charge in [0.05, 0.1) is 12.2 Å². The van der Waals surface area contributed by atoms with Crippen LogP contribution in [0.2, 0.25) is 0 Å². The van der Waals surface area contributed by atoms with E-state index in [0.29, 0.717) is 5.92 Å². The maximum absolute atomic E-state index is 4.69. The van der Waals surface area contributed by atoms with Gasteiger partial charge in [0.2, 0.25) is 0 Å². The zero-order valence-electron chi connectivity index (χ0n) is 13.6. The van der Waals surface area contributed by atoms with Gasteiger partial charge in [0.15, 0.2) is 5.13 Å². The van der Waals surface area contributed by atoms with E-state index < -0.39 is 0 Å². The van der Waals surface area contributed by atoms with Gasteiger partial charge in [-0.1, -0.05) is 13.8 Å². The molecule has 5 nitrogen and oxygen atoms in total. The van der Waals surface area contributed by atoms with Crippen molar-refractivity contribution < 1.29 is 0 Å². The molecule has 0 fully saturated rings. The molecule has 2 aromatic rings. The Hall–Kier alpha value is -1.40. The Morgan fingerprint density at radius 2 is 2.19 bits per heavy atom. The molecule has 2 rings (SSSR count). The fourth-order valence-electron chi connectivity index (χ4n) is 2.04. The third-order valence-electron chi connectivity index (χ3n) is 3.35. The molecule has 0 radical (unpaired) electrons. The second-order valence-electron chi connectivity index (χ2n) is 5.84. The van der Waals surface area contributed by atoms with Crippen LogP contribution < -0.4 is 10.2 Å². The highest BCUT2D eigenvalue weighted by Gasteiger charge is 2.13. The van der Waals surface area contributed by atoms with Crippen molar-refractivity contribution in [1.82, 2.24) is 19.9 Å². The molecule has 0 unspecified atom stereocenters. The number of aryl methyl sites for hydroxylation is 2. The molecule has 0 spiro atoms. The summed E-state index contributed by atoms with van der Waals surface area (Å²) < 4.78 is 2.04. The van der Waals surface area contributed by atoms with E-state index in [1.807, 2.05) is 24.0 Å². The van der Waals surface area contributed by atoms with E-state index in [0.717, 1.165) is 36.3 Å². The predicted molar refractivity (Wildman–Crippen MR) is 88.7 cm³/mol. The molecule has 0 aromatic carbocycles. The molecule has 0 aliphatic carbocycles. The molecule has 116 valence electrons. The van der Waals surface area contributed by atoms with Gasteiger partial charge in [-0.3, -0.25) is 0 Å². The third-order valence-corrected chi connectivity index (χ3v) is 4.62. The van der Waals surface area contributed by atoms with Crippen LogP contribution in [0.4, 0.5) is 5.13 Å². The third kappa shape index (κ3) is 4.28. The normalized spacial score (nSPS) is 11.3. The average molecular weight is 307 g/mol. The molecule has 2 heterocycles. The van der Waals surface area contributed by atoms with Crippen LogP contribution >= 0.6 is 11.3 Å². The number of nitrogens with zero attached hydrogens (tertiary/aromatic N) is 4. The van der Waals surface area contributed by atoms with Crippen LogP contribution in [0.5, 0.6) is 0 Å². The lowest BCUT2D eigenvalue weighted by Crippen LogP contribution is -2.19. The lowest BCUT2D eigenvalue weighted by molar-refractivity contribution is 0.554. The molecule has 0 saturated carbocycles. The van der Waals surface area contributed by atoms with Crippen molar-refractivity contribution >= 4 is 16.5 Å². The summed E-state index contributed by atoms with van der Waals surface area (Å²) in [5.74, 6) is 1.72. The smallest absolute Gasteiger partial charge is 0.185 e. The first-order valence-corrected chi connectivity index (χ1v) is 8.13. The van der Waals surface area contributed by atoms with Gasteiger partial charge in [-0.2, -0.15) is 0 Å². The minimum absolute atomic E-state index is 0.670. The quantitative estimate of drug-likeness (QED) is 0.854. The van der Waals surface area contributed by atoms with Gasteiger partial charge >= 0.3 is 0 Å². The molecule has 21 heavy (non-hydrogen) atoms. The summed E-state index contributed by atoms with van der Waals surface area (Å²) in [6, 6.07) is 0. The van der Waals surface area contributed by atoms with Crippen LogP contribution in [-0.2, 0) is 20.1 Å². The van der Waals surface area contributed by atoms with Crippen LogP contribution in [0.1, 0.15) is 30.2 Å². The Morgan fingerprint density at radius 1 is 1.43 bits per heavy atom. The Kier molecular flexibility index (Phi) is 5.36. The number of nitrogens with one attached hydrogen (secondary N) is 1. The average Bonchev–Trinajstić information content (AvgIpc) is 2.97. The largest absolute Gasteiger partial charge is 0.344 e.